The van der Waals surface area contributed by atoms with Gasteiger partial charge in [0.25, 0.3) is 10.0 Å². The highest BCUT2D eigenvalue weighted by Gasteiger charge is 2.19. The Kier molecular flexibility index (Phi) is 5.02. The van der Waals surface area contributed by atoms with E-state index in [0.29, 0.717) is 11.0 Å². The molecule has 0 aliphatic heterocycles. The Morgan fingerprint density at radius 3 is 2.81 bits per heavy atom. The van der Waals surface area contributed by atoms with Crippen LogP contribution in [0.15, 0.2) is 39.8 Å². The number of aromatic nitrogens is 1. The molecule has 0 aliphatic rings. The average Bonchev–Trinajstić information content (AvgIpc) is 2.90. The Morgan fingerprint density at radius 2 is 2.14 bits per heavy atom. The van der Waals surface area contributed by atoms with Gasteiger partial charge in [0.1, 0.15) is 10.7 Å². The summed E-state index contributed by atoms with van der Waals surface area (Å²) >= 11 is 3.13. The first-order valence-electron chi connectivity index (χ1n) is 6.29. The van der Waals surface area contributed by atoms with E-state index in [2.05, 4.69) is 31.0 Å². The number of sulfonamides is 1. The average molecular weight is 376 g/mol. The molecule has 0 fully saturated rings. The highest BCUT2D eigenvalue weighted by atomic mass is 79.9. The Hall–Kier alpha value is -1.38. The van der Waals surface area contributed by atoms with E-state index in [1.54, 1.807) is 6.07 Å². The Balaban J connectivity index is 2.24. The molecular formula is C13H15BrFN3O2S. The largest absolute Gasteiger partial charge is 0.363 e. The summed E-state index contributed by atoms with van der Waals surface area (Å²) in [7, 11) is -3.84. The number of hydrogen-bond acceptors (Lipinski definition) is 3. The van der Waals surface area contributed by atoms with E-state index < -0.39 is 15.8 Å². The van der Waals surface area contributed by atoms with Crippen molar-refractivity contribution in [3.63, 3.8) is 0 Å². The van der Waals surface area contributed by atoms with E-state index in [-0.39, 0.29) is 10.6 Å². The lowest BCUT2D eigenvalue weighted by Crippen LogP contribution is -2.14. The number of halogens is 2. The van der Waals surface area contributed by atoms with Crippen molar-refractivity contribution in [3.05, 3.63) is 46.4 Å². The normalized spacial score (nSPS) is 11.6. The zero-order valence-corrected chi connectivity index (χ0v) is 13.7. The summed E-state index contributed by atoms with van der Waals surface area (Å²) in [4.78, 5) is 2.94. The van der Waals surface area contributed by atoms with Crippen LogP contribution < -0.4 is 10.0 Å². The van der Waals surface area contributed by atoms with Crippen LogP contribution in [0.2, 0.25) is 0 Å². The maximum atomic E-state index is 13.7. The number of hydrogen-bond donors (Lipinski definition) is 3. The molecule has 0 unspecified atom stereocenters. The third kappa shape index (κ3) is 3.84. The van der Waals surface area contributed by atoms with Crippen LogP contribution in [0.5, 0.6) is 0 Å². The minimum Gasteiger partial charge on any atom is -0.363 e. The van der Waals surface area contributed by atoms with Crippen LogP contribution in [0.4, 0.5) is 10.1 Å². The molecule has 0 saturated heterocycles. The molecule has 1 aromatic carbocycles. The second-order valence-electron chi connectivity index (χ2n) is 4.34. The van der Waals surface area contributed by atoms with E-state index in [0.717, 1.165) is 12.2 Å². The molecule has 2 aromatic rings. The van der Waals surface area contributed by atoms with Crippen molar-refractivity contribution in [3.8, 4) is 0 Å². The minimum absolute atomic E-state index is 0.0607. The van der Waals surface area contributed by atoms with Crippen molar-refractivity contribution in [2.45, 2.75) is 18.4 Å². The monoisotopic (exact) mass is 375 g/mol. The predicted molar refractivity (Wildman–Crippen MR) is 83.1 cm³/mol. The first-order valence-corrected chi connectivity index (χ1v) is 8.56. The van der Waals surface area contributed by atoms with Gasteiger partial charge in [-0.15, -0.1) is 0 Å². The minimum atomic E-state index is -3.84. The Labute approximate surface area is 131 Å². The summed E-state index contributed by atoms with van der Waals surface area (Å²) in [6.07, 6.45) is 1.38. The molecule has 5 nitrogen and oxygen atoms in total. The number of para-hydroxylation sites is 1. The highest BCUT2D eigenvalue weighted by molar-refractivity contribution is 9.10. The Bertz CT molecular complexity index is 711. The van der Waals surface area contributed by atoms with E-state index in [9.17, 15) is 12.8 Å². The van der Waals surface area contributed by atoms with Gasteiger partial charge < -0.3 is 10.3 Å². The van der Waals surface area contributed by atoms with Crippen molar-refractivity contribution in [1.29, 1.82) is 0 Å². The van der Waals surface area contributed by atoms with Crippen LogP contribution in [0, 0.1) is 5.82 Å². The number of nitrogens with one attached hydrogen (secondary N) is 3. The zero-order valence-electron chi connectivity index (χ0n) is 11.3. The number of rotatable bonds is 6. The molecule has 8 heteroatoms. The van der Waals surface area contributed by atoms with Gasteiger partial charge in [0, 0.05) is 22.9 Å². The van der Waals surface area contributed by atoms with Crippen LogP contribution in [0.3, 0.4) is 0 Å². The molecule has 3 N–H and O–H groups in total. The highest BCUT2D eigenvalue weighted by Crippen LogP contribution is 2.27. The van der Waals surface area contributed by atoms with Crippen LogP contribution in [0.1, 0.15) is 12.6 Å². The molecule has 0 radical (unpaired) electrons. The fourth-order valence-electron chi connectivity index (χ4n) is 1.72. The summed E-state index contributed by atoms with van der Waals surface area (Å²) < 4.78 is 40.8. The molecule has 0 spiro atoms. The van der Waals surface area contributed by atoms with Crippen LogP contribution in [-0.4, -0.2) is 19.9 Å². The molecule has 21 heavy (non-hydrogen) atoms. The number of H-pyrrole nitrogens is 1. The lowest BCUT2D eigenvalue weighted by molar-refractivity contribution is 0.598. The van der Waals surface area contributed by atoms with Crippen molar-refractivity contribution in [2.24, 2.45) is 0 Å². The van der Waals surface area contributed by atoms with Crippen molar-refractivity contribution in [1.82, 2.24) is 10.3 Å². The second kappa shape index (κ2) is 6.59. The standard InChI is InChI=1S/C13H15BrFN3O2S/c1-2-16-7-9-6-10(8-17-9)21(19,20)18-13-11(14)4-3-5-12(13)15/h3-6,8,16-18H,2,7H2,1H3. The fraction of sp³-hybridized carbons (Fsp3) is 0.231. The Morgan fingerprint density at radius 1 is 1.38 bits per heavy atom. The van der Waals surface area contributed by atoms with E-state index >= 15 is 0 Å². The SMILES string of the molecule is CCNCc1cc(S(=O)(=O)Nc2c(F)cccc2Br)c[nH]1. The van der Waals surface area contributed by atoms with Crippen LogP contribution in [0.25, 0.3) is 0 Å². The summed E-state index contributed by atoms with van der Waals surface area (Å²) in [6.45, 7) is 3.27. The maximum Gasteiger partial charge on any atom is 0.263 e. The van der Waals surface area contributed by atoms with Gasteiger partial charge in [0.15, 0.2) is 0 Å². The van der Waals surface area contributed by atoms with Gasteiger partial charge in [-0.3, -0.25) is 4.72 Å². The number of aromatic amines is 1. The van der Waals surface area contributed by atoms with Gasteiger partial charge in [0.05, 0.1) is 5.69 Å². The molecule has 0 bridgehead atoms. The van der Waals surface area contributed by atoms with Gasteiger partial charge in [-0.2, -0.15) is 0 Å². The molecular weight excluding hydrogens is 361 g/mol. The molecule has 0 aliphatic carbocycles. The van der Waals surface area contributed by atoms with Gasteiger partial charge in [-0.1, -0.05) is 13.0 Å². The second-order valence-corrected chi connectivity index (χ2v) is 6.88. The van der Waals surface area contributed by atoms with Crippen molar-refractivity contribution in [2.75, 3.05) is 11.3 Å². The quantitative estimate of drug-likeness (QED) is 0.726. The van der Waals surface area contributed by atoms with Crippen LogP contribution in [-0.2, 0) is 16.6 Å². The summed E-state index contributed by atoms with van der Waals surface area (Å²) in [5, 5.41) is 3.08. The number of benzene rings is 1. The molecule has 0 amide bonds. The molecule has 114 valence electrons. The van der Waals surface area contributed by atoms with E-state index in [4.69, 9.17) is 0 Å². The lowest BCUT2D eigenvalue weighted by atomic mass is 10.3. The molecule has 1 aromatic heterocycles. The van der Waals surface area contributed by atoms with E-state index in [1.807, 2.05) is 6.92 Å². The predicted octanol–water partition coefficient (Wildman–Crippen LogP) is 2.83. The topological polar surface area (TPSA) is 74.0 Å². The van der Waals surface area contributed by atoms with Gasteiger partial charge in [0.2, 0.25) is 0 Å². The summed E-state index contributed by atoms with van der Waals surface area (Å²) in [6, 6.07) is 5.76. The van der Waals surface area contributed by atoms with Gasteiger partial charge in [-0.25, -0.2) is 12.8 Å². The smallest absolute Gasteiger partial charge is 0.263 e. The van der Waals surface area contributed by atoms with Crippen molar-refractivity contribution < 1.29 is 12.8 Å². The fourth-order valence-corrected chi connectivity index (χ4v) is 3.40. The molecule has 1 heterocycles. The third-order valence-corrected chi connectivity index (χ3v) is 4.78. The van der Waals surface area contributed by atoms with Crippen LogP contribution >= 0.6 is 15.9 Å². The van der Waals surface area contributed by atoms with Crippen molar-refractivity contribution >= 4 is 31.6 Å². The summed E-state index contributed by atoms with van der Waals surface area (Å²) in [5.74, 6) is -0.642. The summed E-state index contributed by atoms with van der Waals surface area (Å²) in [5.41, 5.74) is 0.636. The molecule has 0 atom stereocenters. The third-order valence-electron chi connectivity index (χ3n) is 2.79. The maximum absolute atomic E-state index is 13.7. The molecule has 2 rings (SSSR count). The molecule has 0 saturated carbocycles. The van der Waals surface area contributed by atoms with E-state index in [1.165, 1.54) is 24.4 Å². The first kappa shape index (κ1) is 16.0. The number of anilines is 1. The lowest BCUT2D eigenvalue weighted by Gasteiger charge is -2.09. The zero-order chi connectivity index (χ0) is 15.5. The first-order chi connectivity index (χ1) is 9.94. The van der Waals surface area contributed by atoms with Gasteiger partial charge >= 0.3 is 0 Å². The van der Waals surface area contributed by atoms with Gasteiger partial charge in [-0.05, 0) is 40.7 Å².